The second-order valence-electron chi connectivity index (χ2n) is 4.53. The Morgan fingerprint density at radius 1 is 1.42 bits per heavy atom. The topological polar surface area (TPSA) is 68.4 Å². The summed E-state index contributed by atoms with van der Waals surface area (Å²) in [6.45, 7) is 6.19. The van der Waals surface area contributed by atoms with Crippen molar-refractivity contribution in [2.75, 3.05) is 6.61 Å². The van der Waals surface area contributed by atoms with Crippen molar-refractivity contribution in [1.29, 1.82) is 0 Å². The Morgan fingerprint density at radius 2 is 2.16 bits per heavy atom. The Hall–Kier alpha value is -1.40. The smallest absolute Gasteiger partial charge is 0.261 e. The van der Waals surface area contributed by atoms with E-state index in [9.17, 15) is 5.11 Å². The number of rotatable bonds is 4. The highest BCUT2D eigenvalue weighted by molar-refractivity contribution is 9.10. The third-order valence-corrected chi connectivity index (χ3v) is 3.15. The Balaban J connectivity index is 2.38. The second kappa shape index (κ2) is 5.30. The molecule has 0 saturated heterocycles. The fourth-order valence-corrected chi connectivity index (χ4v) is 2.04. The molecule has 1 heterocycles. The monoisotopic (exact) mass is 326 g/mol. The molecule has 0 bridgehead atoms. The second-order valence-corrected chi connectivity index (χ2v) is 5.44. The summed E-state index contributed by atoms with van der Waals surface area (Å²) in [4.78, 5) is 4.29. The van der Waals surface area contributed by atoms with Crippen LogP contribution in [0.25, 0.3) is 11.5 Å². The molecule has 0 radical (unpaired) electrons. The van der Waals surface area contributed by atoms with Crippen LogP contribution in [0.5, 0.6) is 5.75 Å². The van der Waals surface area contributed by atoms with Crippen LogP contribution >= 0.6 is 15.9 Å². The van der Waals surface area contributed by atoms with Crippen LogP contribution in [0.1, 0.15) is 26.6 Å². The Labute approximate surface area is 119 Å². The summed E-state index contributed by atoms with van der Waals surface area (Å²) in [5.74, 6) is 0.804. The number of halogens is 1. The third kappa shape index (κ3) is 2.96. The predicted octanol–water partition coefficient (Wildman–Crippen LogP) is 3.48. The summed E-state index contributed by atoms with van der Waals surface area (Å²) in [5, 5.41) is 13.7. The summed E-state index contributed by atoms with van der Waals surface area (Å²) < 4.78 is 11.6. The molecule has 0 atom stereocenters. The van der Waals surface area contributed by atoms with Crippen LogP contribution in [0, 0.1) is 0 Å². The summed E-state index contributed by atoms with van der Waals surface area (Å²) in [7, 11) is 0. The maximum Gasteiger partial charge on any atom is 0.261 e. The van der Waals surface area contributed by atoms with E-state index in [0.29, 0.717) is 18.0 Å². The average Bonchev–Trinajstić information content (AvgIpc) is 2.82. The predicted molar refractivity (Wildman–Crippen MR) is 73.8 cm³/mol. The van der Waals surface area contributed by atoms with Gasteiger partial charge in [-0.15, -0.1) is 0 Å². The zero-order valence-corrected chi connectivity index (χ0v) is 12.6. The van der Waals surface area contributed by atoms with E-state index in [-0.39, 0.29) is 11.6 Å². The zero-order valence-electron chi connectivity index (χ0n) is 11.0. The molecule has 6 heteroatoms. The minimum Gasteiger partial charge on any atom is -0.507 e. The zero-order chi connectivity index (χ0) is 14.0. The first-order chi connectivity index (χ1) is 8.94. The molecule has 1 aromatic heterocycles. The van der Waals surface area contributed by atoms with Crippen molar-refractivity contribution in [2.45, 2.75) is 26.4 Å². The van der Waals surface area contributed by atoms with Gasteiger partial charge in [-0.25, -0.2) is 0 Å². The molecule has 2 rings (SSSR count). The minimum absolute atomic E-state index is 0.0904. The van der Waals surface area contributed by atoms with Gasteiger partial charge < -0.3 is 14.4 Å². The van der Waals surface area contributed by atoms with Crippen molar-refractivity contribution in [2.24, 2.45) is 0 Å². The number of benzene rings is 1. The van der Waals surface area contributed by atoms with Crippen molar-refractivity contribution in [3.63, 3.8) is 0 Å². The highest BCUT2D eigenvalue weighted by Gasteiger charge is 2.28. The number of hydrogen-bond acceptors (Lipinski definition) is 5. The maximum atomic E-state index is 9.82. The molecule has 0 aliphatic rings. The van der Waals surface area contributed by atoms with Crippen LogP contribution in [0.4, 0.5) is 0 Å². The number of phenols is 1. The van der Waals surface area contributed by atoms with Gasteiger partial charge in [0.2, 0.25) is 5.82 Å². The first-order valence-corrected chi connectivity index (χ1v) is 6.70. The van der Waals surface area contributed by atoms with E-state index < -0.39 is 5.60 Å². The third-order valence-electron chi connectivity index (χ3n) is 2.66. The molecule has 0 amide bonds. The molecule has 0 aliphatic carbocycles. The lowest BCUT2D eigenvalue weighted by atomic mass is 10.1. The summed E-state index contributed by atoms with van der Waals surface area (Å²) in [6.07, 6.45) is 0. The molecule has 1 aromatic carbocycles. The molecular formula is C13H15BrN2O3. The molecule has 0 spiro atoms. The molecule has 19 heavy (non-hydrogen) atoms. The molecule has 0 saturated carbocycles. The normalized spacial score (nSPS) is 11.8. The van der Waals surface area contributed by atoms with Crippen LogP contribution in [0.2, 0.25) is 0 Å². The first-order valence-electron chi connectivity index (χ1n) is 5.91. The Bertz CT molecular complexity index is 581. The van der Waals surface area contributed by atoms with Gasteiger partial charge in [-0.2, -0.15) is 4.98 Å². The summed E-state index contributed by atoms with van der Waals surface area (Å²) >= 11 is 3.34. The molecule has 102 valence electrons. The van der Waals surface area contributed by atoms with E-state index in [2.05, 4.69) is 26.1 Å². The molecule has 0 fully saturated rings. The van der Waals surface area contributed by atoms with Gasteiger partial charge >= 0.3 is 0 Å². The molecule has 0 aliphatic heterocycles. The summed E-state index contributed by atoms with van der Waals surface area (Å²) in [6, 6.07) is 5.03. The quantitative estimate of drug-likeness (QED) is 0.931. The molecule has 5 nitrogen and oxygen atoms in total. The summed E-state index contributed by atoms with van der Waals surface area (Å²) in [5.41, 5.74) is -0.140. The van der Waals surface area contributed by atoms with Crippen molar-refractivity contribution in [3.8, 4) is 17.2 Å². The highest BCUT2D eigenvalue weighted by Crippen LogP contribution is 2.32. The van der Waals surface area contributed by atoms with Crippen LogP contribution < -0.4 is 0 Å². The van der Waals surface area contributed by atoms with Gasteiger partial charge in [-0.1, -0.05) is 21.1 Å². The van der Waals surface area contributed by atoms with Crippen molar-refractivity contribution in [3.05, 3.63) is 28.5 Å². The van der Waals surface area contributed by atoms with Crippen LogP contribution in [0.3, 0.4) is 0 Å². The van der Waals surface area contributed by atoms with Crippen molar-refractivity contribution >= 4 is 15.9 Å². The van der Waals surface area contributed by atoms with Crippen molar-refractivity contribution in [1.82, 2.24) is 10.1 Å². The minimum atomic E-state index is -0.627. The van der Waals surface area contributed by atoms with E-state index >= 15 is 0 Å². The van der Waals surface area contributed by atoms with Gasteiger partial charge in [-0.3, -0.25) is 0 Å². The lowest BCUT2D eigenvalue weighted by Gasteiger charge is -2.19. The largest absolute Gasteiger partial charge is 0.507 e. The van der Waals surface area contributed by atoms with Gasteiger partial charge in [0, 0.05) is 11.1 Å². The van der Waals surface area contributed by atoms with Crippen LogP contribution in [0.15, 0.2) is 27.2 Å². The number of aromatic nitrogens is 2. The number of hydrogen-bond donors (Lipinski definition) is 1. The number of aromatic hydroxyl groups is 1. The lowest BCUT2D eigenvalue weighted by Crippen LogP contribution is -2.23. The average molecular weight is 327 g/mol. The molecule has 1 N–H and O–H groups in total. The van der Waals surface area contributed by atoms with Gasteiger partial charge in [-0.05, 0) is 39.0 Å². The van der Waals surface area contributed by atoms with E-state index in [4.69, 9.17) is 9.26 Å². The van der Waals surface area contributed by atoms with E-state index in [1.165, 1.54) is 0 Å². The van der Waals surface area contributed by atoms with Crippen molar-refractivity contribution < 1.29 is 14.4 Å². The molecule has 0 unspecified atom stereocenters. The fourth-order valence-electron chi connectivity index (χ4n) is 1.68. The molecular weight excluding hydrogens is 312 g/mol. The standard InChI is InChI=1S/C13H15BrN2O3/c1-4-18-13(2,3)12-15-11(19-16-12)9-7-8(14)5-6-10(9)17/h5-7,17H,4H2,1-3H3. The first kappa shape index (κ1) is 14.0. The SMILES string of the molecule is CCOC(C)(C)c1noc(-c2cc(Br)ccc2O)n1. The lowest BCUT2D eigenvalue weighted by molar-refractivity contribution is -0.0221. The van der Waals surface area contributed by atoms with E-state index in [0.717, 1.165) is 4.47 Å². The van der Waals surface area contributed by atoms with Gasteiger partial charge in [0.15, 0.2) is 0 Å². The Morgan fingerprint density at radius 3 is 2.84 bits per heavy atom. The number of ether oxygens (including phenoxy) is 1. The van der Waals surface area contributed by atoms with Gasteiger partial charge in [0.05, 0.1) is 5.56 Å². The van der Waals surface area contributed by atoms with E-state index in [1.54, 1.807) is 18.2 Å². The number of phenolic OH excluding ortho intramolecular Hbond substituents is 1. The Kier molecular flexibility index (Phi) is 3.91. The van der Waals surface area contributed by atoms with Gasteiger partial charge in [0.1, 0.15) is 11.4 Å². The number of nitrogens with zero attached hydrogens (tertiary/aromatic N) is 2. The maximum absolute atomic E-state index is 9.82. The highest BCUT2D eigenvalue weighted by atomic mass is 79.9. The van der Waals surface area contributed by atoms with Crippen LogP contribution in [-0.4, -0.2) is 21.9 Å². The van der Waals surface area contributed by atoms with Crippen LogP contribution in [-0.2, 0) is 10.3 Å². The fraction of sp³-hybridized carbons (Fsp3) is 0.385. The van der Waals surface area contributed by atoms with Gasteiger partial charge in [0.25, 0.3) is 5.89 Å². The molecule has 2 aromatic rings. The van der Waals surface area contributed by atoms with E-state index in [1.807, 2.05) is 20.8 Å².